The third-order valence-electron chi connectivity index (χ3n) is 17.3. The Morgan fingerprint density at radius 1 is 0.735 bits per heavy atom. The first kappa shape index (κ1) is 63.6. The Morgan fingerprint density at radius 2 is 1.33 bits per heavy atom. The second-order valence-electron chi connectivity index (χ2n) is 23.1. The van der Waals surface area contributed by atoms with Gasteiger partial charge in [0.2, 0.25) is 0 Å². The van der Waals surface area contributed by atoms with Crippen LogP contribution in [-0.4, -0.2) is 113 Å². The molecule has 1 amide bonds. The topological polar surface area (TPSA) is 237 Å². The van der Waals surface area contributed by atoms with E-state index in [9.17, 15) is 39.0 Å². The average Bonchev–Trinajstić information content (AvgIpc) is 0.824. The largest absolute Gasteiger partial charge is 0.508 e. The van der Waals surface area contributed by atoms with Gasteiger partial charge in [0.15, 0.2) is 23.6 Å². The van der Waals surface area contributed by atoms with E-state index in [1.165, 1.54) is 45.2 Å². The fourth-order valence-electron chi connectivity index (χ4n) is 12.7. The van der Waals surface area contributed by atoms with Gasteiger partial charge >= 0.3 is 30.0 Å². The number of nitrogens with one attached hydrogen (secondary N) is 1. The highest BCUT2D eigenvalue weighted by atomic mass is 16.7. The predicted octanol–water partition coefficient (Wildman–Crippen LogP) is 10.7. The number of hydrogen-bond donors (Lipinski definition) is 3. The molecule has 2 saturated carbocycles. The van der Waals surface area contributed by atoms with Gasteiger partial charge in [0.05, 0.1) is 36.2 Å². The van der Waals surface area contributed by atoms with E-state index in [4.69, 9.17) is 33.2 Å². The number of benzene rings is 3. The molecule has 11 atom stereocenters. The number of Topliss-reactive ketones (excluding diaryl/α,β-unsaturated/α-hetero) is 1. The first-order chi connectivity index (χ1) is 39.7. The van der Waals surface area contributed by atoms with Gasteiger partial charge < -0.3 is 48.7 Å². The molecule has 17 heteroatoms. The number of rotatable bonds is 26. The highest BCUT2D eigenvalue weighted by Gasteiger charge is 2.79. The summed E-state index contributed by atoms with van der Waals surface area (Å²) >= 11 is 0. The molecule has 0 aromatic heterocycles. The molecule has 3 fully saturated rings. The minimum atomic E-state index is -2.48. The number of aliphatic hydroxyl groups excluding tert-OH is 1. The maximum absolute atomic E-state index is 16.3. The molecule has 3 N–H and O–H groups in total. The molecule has 4 aliphatic rings. The van der Waals surface area contributed by atoms with Gasteiger partial charge in [-0.1, -0.05) is 150 Å². The molecular weight excluding hydrogens is 1060 g/mol. The lowest BCUT2D eigenvalue weighted by Crippen LogP contribution is -2.82. The number of fused-ring (bicyclic) bond motifs is 5. The van der Waals surface area contributed by atoms with E-state index < -0.39 is 119 Å². The van der Waals surface area contributed by atoms with Crippen LogP contribution >= 0.6 is 0 Å². The predicted molar refractivity (Wildman–Crippen MR) is 307 cm³/mol. The van der Waals surface area contributed by atoms with Crippen molar-refractivity contribution < 1.29 is 76.9 Å². The molecule has 83 heavy (non-hydrogen) atoms. The monoisotopic (exact) mass is 1150 g/mol. The molecule has 0 spiro atoms. The van der Waals surface area contributed by atoms with Gasteiger partial charge in [-0.2, -0.15) is 0 Å². The van der Waals surface area contributed by atoms with E-state index in [-0.39, 0.29) is 41.9 Å². The van der Waals surface area contributed by atoms with E-state index >= 15 is 4.79 Å². The van der Waals surface area contributed by atoms with Crippen molar-refractivity contribution in [2.24, 2.45) is 16.7 Å². The van der Waals surface area contributed by atoms with Crippen molar-refractivity contribution in [3.63, 3.8) is 0 Å². The maximum atomic E-state index is 16.3. The van der Waals surface area contributed by atoms with Crippen molar-refractivity contribution in [1.29, 1.82) is 0 Å². The normalized spacial score (nSPS) is 26.9. The van der Waals surface area contributed by atoms with E-state index in [0.717, 1.165) is 65.2 Å². The van der Waals surface area contributed by atoms with E-state index in [2.05, 4.69) is 36.5 Å². The first-order valence-electron chi connectivity index (χ1n) is 29.4. The fraction of sp³-hybridized carbons (Fsp3) is 0.530. The number of carbonyl (C=O) groups is 7. The quantitative estimate of drug-likeness (QED) is 0.0293. The molecule has 448 valence electrons. The lowest BCUT2D eigenvalue weighted by Gasteiger charge is -2.67. The second kappa shape index (κ2) is 28.6. The van der Waals surface area contributed by atoms with Crippen LogP contribution in [0.3, 0.4) is 0 Å². The zero-order chi connectivity index (χ0) is 60.0. The Kier molecular flexibility index (Phi) is 21.9. The molecule has 2 bridgehead atoms. The molecule has 0 radical (unpaired) electrons. The highest BCUT2D eigenvalue weighted by Crippen LogP contribution is 2.65. The molecular formula is C66H83NO16. The summed E-state index contributed by atoms with van der Waals surface area (Å²) in [4.78, 5) is 100. The van der Waals surface area contributed by atoms with Crippen LogP contribution in [0.5, 0.6) is 0 Å². The summed E-state index contributed by atoms with van der Waals surface area (Å²) in [6.45, 7) is 10.2. The lowest BCUT2D eigenvalue weighted by molar-refractivity contribution is -0.346. The van der Waals surface area contributed by atoms with Crippen LogP contribution in [0.4, 0.5) is 4.79 Å². The number of allylic oxidation sites excluding steroid dienone is 4. The summed E-state index contributed by atoms with van der Waals surface area (Å²) in [6.07, 6.45) is 9.05. The van der Waals surface area contributed by atoms with Crippen molar-refractivity contribution in [3.05, 3.63) is 143 Å². The Labute approximate surface area is 487 Å². The van der Waals surface area contributed by atoms with Crippen LogP contribution < -0.4 is 5.32 Å². The van der Waals surface area contributed by atoms with E-state index in [1.807, 2.05) is 0 Å². The number of ketones is 1. The smallest absolute Gasteiger partial charge is 0.456 e. The van der Waals surface area contributed by atoms with Crippen molar-refractivity contribution in [1.82, 2.24) is 5.32 Å². The zero-order valence-corrected chi connectivity index (χ0v) is 49.0. The van der Waals surface area contributed by atoms with Crippen LogP contribution in [0.15, 0.2) is 126 Å². The van der Waals surface area contributed by atoms with Gasteiger partial charge in [0.1, 0.15) is 30.0 Å². The summed E-state index contributed by atoms with van der Waals surface area (Å²) in [5.74, 6) is -7.10. The maximum Gasteiger partial charge on any atom is 0.508 e. The van der Waals surface area contributed by atoms with Gasteiger partial charge in [0, 0.05) is 37.7 Å². The van der Waals surface area contributed by atoms with Crippen molar-refractivity contribution in [3.8, 4) is 0 Å². The van der Waals surface area contributed by atoms with Crippen LogP contribution in [-0.2, 0) is 52.3 Å². The van der Waals surface area contributed by atoms with Gasteiger partial charge in [-0.05, 0) is 93.3 Å². The summed E-state index contributed by atoms with van der Waals surface area (Å²) in [5, 5.41) is 28.9. The minimum absolute atomic E-state index is 0.000634. The Morgan fingerprint density at radius 3 is 1.92 bits per heavy atom. The molecule has 1 saturated heterocycles. The molecule has 3 aromatic carbocycles. The van der Waals surface area contributed by atoms with Gasteiger partial charge in [0.25, 0.3) is 5.91 Å². The van der Waals surface area contributed by atoms with Crippen LogP contribution in [0.2, 0.25) is 0 Å². The highest BCUT2D eigenvalue weighted by molar-refractivity contribution is 5.96. The average molecular weight is 1150 g/mol. The Hall–Kier alpha value is -6.95. The van der Waals surface area contributed by atoms with E-state index in [1.54, 1.807) is 92.7 Å². The van der Waals surface area contributed by atoms with Gasteiger partial charge in [-0.25, -0.2) is 14.4 Å². The molecule has 7 rings (SSSR count). The lowest BCUT2D eigenvalue weighted by atomic mass is 9.44. The molecule has 2 unspecified atom stereocenters. The zero-order valence-electron chi connectivity index (χ0n) is 49.0. The standard InChI is InChI=1S/C66H83NO16/c1-8-9-10-11-12-13-14-15-16-17-18-19-20-21-22-32-39-77-62(75)81-50-40-51-65(42-78-51,83-45(4)69)56-58(82-60(73)48-37-30-25-31-38-48)66(76)41-49(43(2)52(63(66,5)6)55(79-44(3)68)57(71)64(50,56)7)80-61(74)54(70)53(46-33-26-23-27-34-46)67-59(72)47-35-28-24-29-36-47/h12-13,15-16,23-31,33-38,49-51,53-56,58,70,76H,8-11,14,17-22,32,39-42H2,1-7H3,(H,67,72)/b13-12-,16-15-/t49?,50-,51+,53?,54+,55+,56-,58-,64+,65-,66+/m0/s1. The Balaban J connectivity index is 1.20. The summed E-state index contributed by atoms with van der Waals surface area (Å²) in [5.41, 5.74) is -7.53. The van der Waals surface area contributed by atoms with E-state index in [0.29, 0.717) is 12.0 Å². The van der Waals surface area contributed by atoms with Crippen LogP contribution in [0, 0.1) is 16.7 Å². The number of ether oxygens (including phenoxy) is 7. The number of carbonyl (C=O) groups excluding carboxylic acids is 7. The number of amides is 1. The van der Waals surface area contributed by atoms with Crippen molar-refractivity contribution in [2.75, 3.05) is 13.2 Å². The SMILES string of the molecule is CCCCC/C=C\C/C=C\CCCCCCCCOC(=O)O[C@H]1C[C@H]2OC[C@@]2(OC(C)=O)[C@H]2[C@H](OC(=O)c3ccccc3)[C@]3(O)CC(OC(=O)[C@H](O)C(NC(=O)c4ccccc4)c4ccccc4)C(C)=C([C@@H](OC(C)=O)C(=O)[C@]12C)C3(C)C. The summed E-state index contributed by atoms with van der Waals surface area (Å²) < 4.78 is 43.1. The number of esters is 4. The fourth-order valence-corrected chi connectivity index (χ4v) is 12.7. The van der Waals surface area contributed by atoms with Gasteiger partial charge in [-0.15, -0.1) is 0 Å². The van der Waals surface area contributed by atoms with Crippen LogP contribution in [0.25, 0.3) is 0 Å². The molecule has 3 aromatic rings. The molecule has 1 aliphatic heterocycles. The van der Waals surface area contributed by atoms with Crippen LogP contribution in [0.1, 0.15) is 171 Å². The number of unbranched alkanes of at least 4 members (excludes halogenated alkanes) is 9. The molecule has 1 heterocycles. The third kappa shape index (κ3) is 14.4. The summed E-state index contributed by atoms with van der Waals surface area (Å²) in [6, 6.07) is 22.9. The second-order valence-corrected chi connectivity index (χ2v) is 23.1. The first-order valence-corrected chi connectivity index (χ1v) is 29.4. The third-order valence-corrected chi connectivity index (χ3v) is 17.3. The molecule has 3 aliphatic carbocycles. The number of aliphatic hydroxyl groups is 2. The summed E-state index contributed by atoms with van der Waals surface area (Å²) in [7, 11) is 0. The molecule has 17 nitrogen and oxygen atoms in total. The number of hydrogen-bond acceptors (Lipinski definition) is 16. The van der Waals surface area contributed by atoms with Crippen molar-refractivity contribution in [2.45, 2.75) is 192 Å². The van der Waals surface area contributed by atoms with Gasteiger partial charge in [-0.3, -0.25) is 19.2 Å². The van der Waals surface area contributed by atoms with Crippen molar-refractivity contribution >= 4 is 41.7 Å². The Bertz CT molecular complexity index is 2830. The minimum Gasteiger partial charge on any atom is -0.456 e.